The quantitative estimate of drug-likeness (QED) is 0.281. The van der Waals surface area contributed by atoms with Crippen molar-refractivity contribution in [3.63, 3.8) is 0 Å². The maximum Gasteiger partial charge on any atom is 0.213 e. The van der Waals surface area contributed by atoms with E-state index in [0.29, 0.717) is 0 Å². The summed E-state index contributed by atoms with van der Waals surface area (Å²) in [6.45, 7) is 8.10. The van der Waals surface area contributed by atoms with Crippen molar-refractivity contribution in [1.29, 1.82) is 0 Å². The molecule has 2 aromatic carbocycles. The van der Waals surface area contributed by atoms with Gasteiger partial charge in [0.25, 0.3) is 0 Å². The Balaban J connectivity index is 1.94. The van der Waals surface area contributed by atoms with Gasteiger partial charge in [0.2, 0.25) is 5.69 Å². The van der Waals surface area contributed by atoms with Crippen LogP contribution in [0.2, 0.25) is 0 Å². The van der Waals surface area contributed by atoms with Gasteiger partial charge in [-0.2, -0.15) is 4.57 Å². The molecule has 1 atom stereocenters. The SMILES string of the molecule is CCCCCC1(CC)C[n+]2ccccc2-c2c1ccc1c(CCCC)cccc21. The first-order chi connectivity index (χ1) is 14.2. The molecule has 1 nitrogen and oxygen atoms in total. The predicted molar refractivity (Wildman–Crippen MR) is 124 cm³/mol. The smallest absolute Gasteiger partial charge is 0.197 e. The number of benzene rings is 2. The van der Waals surface area contributed by atoms with Crippen LogP contribution in [0.15, 0.2) is 54.7 Å². The number of unbranched alkanes of at least 4 members (excludes halogenated alkanes) is 3. The molecular weight excluding hydrogens is 350 g/mol. The normalized spacial score (nSPS) is 17.9. The molecule has 152 valence electrons. The molecule has 1 unspecified atom stereocenters. The van der Waals surface area contributed by atoms with Crippen molar-refractivity contribution in [2.24, 2.45) is 0 Å². The van der Waals surface area contributed by atoms with Gasteiger partial charge in [0.05, 0.1) is 11.0 Å². The lowest BCUT2D eigenvalue weighted by molar-refractivity contribution is -0.697. The molecule has 2 heterocycles. The number of aromatic nitrogens is 1. The Morgan fingerprint density at radius 2 is 1.69 bits per heavy atom. The standard InChI is InChI=1S/C28H36N/c1-4-7-10-19-28(6-3)21-29-20-11-9-16-26(29)27-24-15-12-14-22(13-8-5-2)23(24)17-18-25(27)28/h9,11-12,14-18,20H,4-8,10,13,19,21H2,1-3H3/q+1. The average molecular weight is 387 g/mol. The molecular formula is C28H36N+. The molecule has 0 amide bonds. The highest BCUT2D eigenvalue weighted by Crippen LogP contribution is 2.45. The van der Waals surface area contributed by atoms with E-state index in [0.717, 1.165) is 6.54 Å². The topological polar surface area (TPSA) is 3.88 Å². The van der Waals surface area contributed by atoms with Crippen molar-refractivity contribution < 1.29 is 4.57 Å². The zero-order valence-electron chi connectivity index (χ0n) is 18.5. The minimum Gasteiger partial charge on any atom is -0.197 e. The van der Waals surface area contributed by atoms with Gasteiger partial charge in [-0.1, -0.05) is 76.8 Å². The molecule has 0 saturated carbocycles. The Hall–Kier alpha value is -2.15. The van der Waals surface area contributed by atoms with Gasteiger partial charge < -0.3 is 0 Å². The largest absolute Gasteiger partial charge is 0.213 e. The summed E-state index contributed by atoms with van der Waals surface area (Å²) in [4.78, 5) is 0. The molecule has 1 aromatic heterocycles. The number of fused-ring (bicyclic) bond motifs is 5. The lowest BCUT2D eigenvalue weighted by Crippen LogP contribution is -2.50. The number of hydrogen-bond acceptors (Lipinski definition) is 0. The van der Waals surface area contributed by atoms with Crippen LogP contribution >= 0.6 is 0 Å². The van der Waals surface area contributed by atoms with Crippen molar-refractivity contribution in [1.82, 2.24) is 0 Å². The Morgan fingerprint density at radius 1 is 0.828 bits per heavy atom. The molecule has 0 fully saturated rings. The van der Waals surface area contributed by atoms with E-state index in [1.165, 1.54) is 79.0 Å². The second-order valence-electron chi connectivity index (χ2n) is 8.91. The molecule has 3 aromatic rings. The van der Waals surface area contributed by atoms with Crippen LogP contribution in [-0.2, 0) is 18.4 Å². The van der Waals surface area contributed by atoms with Crippen molar-refractivity contribution >= 4 is 10.8 Å². The van der Waals surface area contributed by atoms with Crippen LogP contribution in [0.4, 0.5) is 0 Å². The van der Waals surface area contributed by atoms with E-state index in [9.17, 15) is 0 Å². The van der Waals surface area contributed by atoms with Gasteiger partial charge in [-0.05, 0) is 53.6 Å². The summed E-state index contributed by atoms with van der Waals surface area (Å²) in [6, 6.07) is 18.6. The molecule has 1 heteroatoms. The summed E-state index contributed by atoms with van der Waals surface area (Å²) in [5.74, 6) is 0. The summed E-state index contributed by atoms with van der Waals surface area (Å²) in [7, 11) is 0. The lowest BCUT2D eigenvalue weighted by Gasteiger charge is -2.36. The third-order valence-corrected chi connectivity index (χ3v) is 7.13. The highest BCUT2D eigenvalue weighted by atomic mass is 15.0. The van der Waals surface area contributed by atoms with Crippen molar-refractivity contribution in [3.05, 3.63) is 65.9 Å². The third kappa shape index (κ3) is 3.61. The maximum atomic E-state index is 2.52. The van der Waals surface area contributed by atoms with Gasteiger partial charge in [-0.25, -0.2) is 0 Å². The first-order valence-corrected chi connectivity index (χ1v) is 11.8. The lowest BCUT2D eigenvalue weighted by atomic mass is 9.69. The Morgan fingerprint density at radius 3 is 2.48 bits per heavy atom. The molecule has 29 heavy (non-hydrogen) atoms. The molecule has 1 aliphatic heterocycles. The van der Waals surface area contributed by atoms with Crippen LogP contribution in [0, 0.1) is 0 Å². The van der Waals surface area contributed by atoms with E-state index in [1.807, 2.05) is 0 Å². The van der Waals surface area contributed by atoms with Crippen LogP contribution in [0.3, 0.4) is 0 Å². The molecule has 0 bridgehead atoms. The fourth-order valence-corrected chi connectivity index (χ4v) is 5.38. The summed E-state index contributed by atoms with van der Waals surface area (Å²) >= 11 is 0. The second-order valence-corrected chi connectivity index (χ2v) is 8.91. The van der Waals surface area contributed by atoms with Crippen LogP contribution in [0.25, 0.3) is 22.0 Å². The predicted octanol–water partition coefficient (Wildman–Crippen LogP) is 7.38. The third-order valence-electron chi connectivity index (χ3n) is 7.13. The van der Waals surface area contributed by atoms with Crippen molar-refractivity contribution in [3.8, 4) is 11.3 Å². The van der Waals surface area contributed by atoms with Crippen molar-refractivity contribution in [2.75, 3.05) is 0 Å². The molecule has 0 spiro atoms. The molecule has 0 N–H and O–H groups in total. The molecule has 4 rings (SSSR count). The number of pyridine rings is 1. The van der Waals surface area contributed by atoms with E-state index in [1.54, 1.807) is 5.56 Å². The fraction of sp³-hybridized carbons (Fsp3) is 0.464. The van der Waals surface area contributed by atoms with Gasteiger partial charge in [0, 0.05) is 12.1 Å². The summed E-state index contributed by atoms with van der Waals surface area (Å²) in [5.41, 5.74) is 6.22. The number of rotatable bonds is 8. The first kappa shape index (κ1) is 20.1. The van der Waals surface area contributed by atoms with Crippen LogP contribution in [0.5, 0.6) is 0 Å². The number of hydrogen-bond donors (Lipinski definition) is 0. The zero-order valence-corrected chi connectivity index (χ0v) is 18.5. The van der Waals surface area contributed by atoms with Gasteiger partial charge in [-0.3, -0.25) is 0 Å². The molecule has 0 saturated heterocycles. The van der Waals surface area contributed by atoms with E-state index in [4.69, 9.17) is 0 Å². The highest BCUT2D eigenvalue weighted by Gasteiger charge is 2.42. The first-order valence-electron chi connectivity index (χ1n) is 11.8. The summed E-state index contributed by atoms with van der Waals surface area (Å²) in [5, 5.41) is 2.90. The summed E-state index contributed by atoms with van der Waals surface area (Å²) < 4.78 is 2.52. The number of nitrogens with zero attached hydrogens (tertiary/aromatic N) is 1. The van der Waals surface area contributed by atoms with Gasteiger partial charge in [0.1, 0.15) is 0 Å². The molecule has 0 aliphatic carbocycles. The molecule has 0 radical (unpaired) electrons. The average Bonchev–Trinajstić information content (AvgIpc) is 2.77. The Labute approximate surface area is 176 Å². The van der Waals surface area contributed by atoms with E-state index in [-0.39, 0.29) is 5.41 Å². The van der Waals surface area contributed by atoms with Gasteiger partial charge in [-0.15, -0.1) is 0 Å². The van der Waals surface area contributed by atoms with Crippen LogP contribution < -0.4 is 4.57 Å². The van der Waals surface area contributed by atoms with E-state index >= 15 is 0 Å². The van der Waals surface area contributed by atoms with Crippen molar-refractivity contribution in [2.45, 2.75) is 84.1 Å². The van der Waals surface area contributed by atoms with Crippen LogP contribution in [0.1, 0.15) is 76.8 Å². The monoisotopic (exact) mass is 386 g/mol. The fourth-order valence-electron chi connectivity index (χ4n) is 5.38. The minimum atomic E-state index is 0.247. The second kappa shape index (κ2) is 8.69. The highest BCUT2D eigenvalue weighted by molar-refractivity contribution is 5.99. The Bertz CT molecular complexity index is 987. The minimum absolute atomic E-state index is 0.247. The van der Waals surface area contributed by atoms with Gasteiger partial charge >= 0.3 is 0 Å². The van der Waals surface area contributed by atoms with E-state index in [2.05, 4.69) is 80.1 Å². The maximum absolute atomic E-state index is 2.52. The zero-order chi connectivity index (χ0) is 20.3. The summed E-state index contributed by atoms with van der Waals surface area (Å²) in [6.07, 6.45) is 12.4. The Kier molecular flexibility index (Phi) is 6.04. The number of aryl methyl sites for hydroxylation is 1. The molecule has 1 aliphatic rings. The van der Waals surface area contributed by atoms with E-state index < -0.39 is 0 Å². The van der Waals surface area contributed by atoms with Gasteiger partial charge in [0.15, 0.2) is 12.7 Å². The van der Waals surface area contributed by atoms with Crippen LogP contribution in [-0.4, -0.2) is 0 Å².